The summed E-state index contributed by atoms with van der Waals surface area (Å²) in [5, 5.41) is 0. The predicted octanol–water partition coefficient (Wildman–Crippen LogP) is 1.96. The van der Waals surface area contributed by atoms with Gasteiger partial charge in [0.2, 0.25) is 5.91 Å². The number of methoxy groups -OCH3 is 1. The van der Waals surface area contributed by atoms with E-state index in [9.17, 15) is 4.79 Å². The van der Waals surface area contributed by atoms with Crippen molar-refractivity contribution in [3.8, 4) is 5.75 Å². The fourth-order valence-corrected chi connectivity index (χ4v) is 2.45. The molecule has 2 N–H and O–H groups in total. The van der Waals surface area contributed by atoms with Crippen LogP contribution in [-0.2, 0) is 4.79 Å². The van der Waals surface area contributed by atoms with Crippen molar-refractivity contribution in [2.75, 3.05) is 19.4 Å². The molecule has 1 unspecified atom stereocenters. The van der Waals surface area contributed by atoms with E-state index in [1.807, 2.05) is 23.1 Å². The van der Waals surface area contributed by atoms with Crippen molar-refractivity contribution in [1.29, 1.82) is 0 Å². The molecule has 1 aromatic carbocycles. The molecule has 1 aliphatic rings. The molecule has 1 saturated heterocycles. The molecule has 2 rings (SSSR count). The third-order valence-electron chi connectivity index (χ3n) is 3.30. The van der Waals surface area contributed by atoms with Gasteiger partial charge in [0, 0.05) is 13.5 Å². The second-order valence-corrected chi connectivity index (χ2v) is 4.37. The van der Waals surface area contributed by atoms with Crippen LogP contribution in [0.3, 0.4) is 0 Å². The van der Waals surface area contributed by atoms with Crippen LogP contribution in [0.15, 0.2) is 18.2 Å². The molecule has 1 heterocycles. The summed E-state index contributed by atoms with van der Waals surface area (Å²) in [6, 6.07) is 5.92. The number of nitrogens with zero attached hydrogens (tertiary/aromatic N) is 1. The van der Waals surface area contributed by atoms with Crippen LogP contribution in [0.2, 0.25) is 0 Å². The number of carbonyl (C=O) groups excluding carboxylic acids is 1. The van der Waals surface area contributed by atoms with Crippen LogP contribution >= 0.6 is 0 Å². The summed E-state index contributed by atoms with van der Waals surface area (Å²) in [5.74, 6) is 0.808. The number of nitrogen functional groups attached to an aromatic ring is 1. The van der Waals surface area contributed by atoms with Gasteiger partial charge in [0.05, 0.1) is 18.8 Å². The number of benzene rings is 1. The molecule has 0 bridgehead atoms. The Balaban J connectivity index is 2.27. The van der Waals surface area contributed by atoms with E-state index in [2.05, 4.69) is 0 Å². The summed E-state index contributed by atoms with van der Waals surface area (Å²) in [7, 11) is 1.60. The molecule has 4 heteroatoms. The number of likely N-dealkylation sites (tertiary alicyclic amines) is 1. The van der Waals surface area contributed by atoms with Crippen molar-refractivity contribution in [3.05, 3.63) is 23.8 Å². The lowest BCUT2D eigenvalue weighted by molar-refractivity contribution is -0.129. The summed E-state index contributed by atoms with van der Waals surface area (Å²) in [6.45, 7) is 2.46. The molecule has 4 nitrogen and oxygen atoms in total. The van der Waals surface area contributed by atoms with Crippen LogP contribution in [0.5, 0.6) is 5.75 Å². The Kier molecular flexibility index (Phi) is 3.22. The van der Waals surface area contributed by atoms with E-state index in [0.29, 0.717) is 11.4 Å². The third-order valence-corrected chi connectivity index (χ3v) is 3.30. The zero-order chi connectivity index (χ0) is 12.4. The zero-order valence-electron chi connectivity index (χ0n) is 10.3. The topological polar surface area (TPSA) is 55.6 Å². The second-order valence-electron chi connectivity index (χ2n) is 4.37. The minimum Gasteiger partial charge on any atom is -0.495 e. The van der Waals surface area contributed by atoms with Crippen LogP contribution in [-0.4, -0.2) is 24.5 Å². The highest BCUT2D eigenvalue weighted by Crippen LogP contribution is 2.34. The average Bonchev–Trinajstić information content (AvgIpc) is 2.77. The van der Waals surface area contributed by atoms with Gasteiger partial charge in [0.1, 0.15) is 5.75 Å². The average molecular weight is 234 g/mol. The highest BCUT2D eigenvalue weighted by Gasteiger charge is 2.28. The molecule has 1 atom stereocenters. The number of hydrogen-bond acceptors (Lipinski definition) is 3. The number of amides is 1. The van der Waals surface area contributed by atoms with Crippen molar-refractivity contribution in [3.63, 3.8) is 0 Å². The van der Waals surface area contributed by atoms with Gasteiger partial charge in [-0.15, -0.1) is 0 Å². The summed E-state index contributed by atoms with van der Waals surface area (Å²) in [6.07, 6.45) is 2.06. The Bertz CT molecular complexity index is 431. The van der Waals surface area contributed by atoms with Crippen LogP contribution in [0.25, 0.3) is 0 Å². The Hall–Kier alpha value is -1.71. The quantitative estimate of drug-likeness (QED) is 0.796. The third kappa shape index (κ3) is 2.20. The van der Waals surface area contributed by atoms with Gasteiger partial charge in [0.25, 0.3) is 0 Å². The maximum atomic E-state index is 11.5. The molecule has 1 amide bonds. The van der Waals surface area contributed by atoms with Gasteiger partial charge in [-0.25, -0.2) is 0 Å². The van der Waals surface area contributed by atoms with Gasteiger partial charge in [-0.05, 0) is 30.5 Å². The second kappa shape index (κ2) is 4.65. The van der Waals surface area contributed by atoms with Crippen molar-refractivity contribution in [2.45, 2.75) is 25.8 Å². The normalized spacial score (nSPS) is 19.4. The molecule has 17 heavy (non-hydrogen) atoms. The molecule has 92 valence electrons. The number of rotatable bonds is 2. The molecule has 1 aliphatic heterocycles. The fraction of sp³-hybridized carbons (Fsp3) is 0.462. The number of hydrogen-bond donors (Lipinski definition) is 1. The van der Waals surface area contributed by atoms with E-state index in [1.165, 1.54) is 0 Å². The Morgan fingerprint density at radius 3 is 2.88 bits per heavy atom. The van der Waals surface area contributed by atoms with Crippen LogP contribution in [0.4, 0.5) is 5.69 Å². The number of carbonyl (C=O) groups is 1. The molecular weight excluding hydrogens is 216 g/mol. The molecule has 1 aromatic rings. The van der Waals surface area contributed by atoms with Crippen molar-refractivity contribution in [2.24, 2.45) is 0 Å². The first-order valence-electron chi connectivity index (χ1n) is 5.84. The lowest BCUT2D eigenvalue weighted by Crippen LogP contribution is -2.28. The van der Waals surface area contributed by atoms with Crippen LogP contribution in [0, 0.1) is 0 Å². The standard InChI is InChI=1S/C13H18N2O2/c1-9(16)15-7-3-4-12(15)10-5-6-13(17-2)11(14)8-10/h5-6,8,12H,3-4,7,14H2,1-2H3. The first-order valence-corrected chi connectivity index (χ1v) is 5.84. The summed E-state index contributed by atoms with van der Waals surface area (Å²) in [5.41, 5.74) is 7.61. The van der Waals surface area contributed by atoms with E-state index >= 15 is 0 Å². The Morgan fingerprint density at radius 2 is 2.29 bits per heavy atom. The minimum absolute atomic E-state index is 0.127. The van der Waals surface area contributed by atoms with Crippen LogP contribution in [0.1, 0.15) is 31.4 Å². The molecule has 1 fully saturated rings. The zero-order valence-corrected chi connectivity index (χ0v) is 10.3. The number of anilines is 1. The summed E-state index contributed by atoms with van der Waals surface area (Å²) in [4.78, 5) is 13.4. The predicted molar refractivity (Wildman–Crippen MR) is 66.8 cm³/mol. The highest BCUT2D eigenvalue weighted by molar-refractivity contribution is 5.74. The molecular formula is C13H18N2O2. The van der Waals surface area contributed by atoms with E-state index < -0.39 is 0 Å². The maximum Gasteiger partial charge on any atom is 0.219 e. The SMILES string of the molecule is COc1ccc(C2CCCN2C(C)=O)cc1N. The lowest BCUT2D eigenvalue weighted by Gasteiger charge is -2.24. The summed E-state index contributed by atoms with van der Waals surface area (Å²) >= 11 is 0. The van der Waals surface area contributed by atoms with E-state index in [1.54, 1.807) is 14.0 Å². The smallest absolute Gasteiger partial charge is 0.219 e. The molecule has 0 radical (unpaired) electrons. The summed E-state index contributed by atoms with van der Waals surface area (Å²) < 4.78 is 5.13. The van der Waals surface area contributed by atoms with Gasteiger partial charge in [0.15, 0.2) is 0 Å². The van der Waals surface area contributed by atoms with Gasteiger partial charge < -0.3 is 15.4 Å². The molecule has 0 spiro atoms. The van der Waals surface area contributed by atoms with Crippen LogP contribution < -0.4 is 10.5 Å². The maximum absolute atomic E-state index is 11.5. The first kappa shape index (κ1) is 11.8. The van der Waals surface area contributed by atoms with Crippen molar-refractivity contribution < 1.29 is 9.53 Å². The minimum atomic E-state index is 0.127. The van der Waals surface area contributed by atoms with E-state index in [-0.39, 0.29) is 11.9 Å². The van der Waals surface area contributed by atoms with E-state index in [0.717, 1.165) is 24.9 Å². The Morgan fingerprint density at radius 1 is 1.53 bits per heavy atom. The lowest BCUT2D eigenvalue weighted by atomic mass is 10.0. The molecule has 0 aromatic heterocycles. The molecule has 0 aliphatic carbocycles. The largest absolute Gasteiger partial charge is 0.495 e. The fourth-order valence-electron chi connectivity index (χ4n) is 2.45. The van der Waals surface area contributed by atoms with E-state index in [4.69, 9.17) is 10.5 Å². The Labute approximate surface area is 101 Å². The van der Waals surface area contributed by atoms with Crippen molar-refractivity contribution in [1.82, 2.24) is 4.90 Å². The highest BCUT2D eigenvalue weighted by atomic mass is 16.5. The van der Waals surface area contributed by atoms with Gasteiger partial charge >= 0.3 is 0 Å². The number of nitrogens with two attached hydrogens (primary N) is 1. The molecule has 0 saturated carbocycles. The van der Waals surface area contributed by atoms with Gasteiger partial charge in [-0.3, -0.25) is 4.79 Å². The van der Waals surface area contributed by atoms with Gasteiger partial charge in [-0.2, -0.15) is 0 Å². The van der Waals surface area contributed by atoms with Crippen molar-refractivity contribution >= 4 is 11.6 Å². The number of ether oxygens (including phenoxy) is 1. The monoisotopic (exact) mass is 234 g/mol. The first-order chi connectivity index (χ1) is 8.13. The van der Waals surface area contributed by atoms with Gasteiger partial charge in [-0.1, -0.05) is 6.07 Å².